The van der Waals surface area contributed by atoms with E-state index in [1.165, 1.54) is 0 Å². The Hall–Kier alpha value is -1.56. The van der Waals surface area contributed by atoms with E-state index in [4.69, 9.17) is 4.55 Å². The predicted molar refractivity (Wildman–Crippen MR) is 127 cm³/mol. The van der Waals surface area contributed by atoms with Crippen LogP contribution in [-0.4, -0.2) is 41.9 Å². The third kappa shape index (κ3) is 4.61. The number of Topliss-reactive ketones (excluding diaryl/α,β-unsaturated/α-hetero) is 2. The molecule has 0 saturated heterocycles. The molecule has 7 nitrogen and oxygen atoms in total. The van der Waals surface area contributed by atoms with Crippen molar-refractivity contribution >= 4 is 27.7 Å². The van der Waals surface area contributed by atoms with Gasteiger partial charge in [0.15, 0.2) is 0 Å². The Morgan fingerprint density at radius 3 is 2.32 bits per heavy atom. The van der Waals surface area contributed by atoms with Crippen LogP contribution >= 0.6 is 0 Å². The number of carbonyl (C=O) groups excluding carboxylic acids is 3. The highest BCUT2D eigenvalue weighted by atomic mass is 32.2. The highest BCUT2D eigenvalue weighted by molar-refractivity contribution is 7.86. The van der Waals surface area contributed by atoms with Crippen molar-refractivity contribution in [1.82, 2.24) is 0 Å². The molecule has 38 heavy (non-hydrogen) atoms. The molecular weight excluding hydrogens is 532 g/mol. The number of carbonyl (C=O) groups is 3. The number of alkyl halides is 4. The summed E-state index contributed by atoms with van der Waals surface area (Å²) in [6, 6.07) is 0. The number of ether oxygens (including phenoxy) is 1. The van der Waals surface area contributed by atoms with E-state index >= 15 is 0 Å². The van der Waals surface area contributed by atoms with E-state index in [-0.39, 0.29) is 64.3 Å². The maximum absolute atomic E-state index is 13.6. The first-order valence-corrected chi connectivity index (χ1v) is 14.8. The molecule has 8 atom stereocenters. The molecule has 0 aromatic heterocycles. The van der Waals surface area contributed by atoms with Crippen LogP contribution < -0.4 is 0 Å². The lowest BCUT2D eigenvalue weighted by Gasteiger charge is -2.59. The Balaban J connectivity index is 1.42. The van der Waals surface area contributed by atoms with Gasteiger partial charge in [0.2, 0.25) is 0 Å². The summed E-state index contributed by atoms with van der Waals surface area (Å²) in [5.74, 6) is -0.971. The summed E-state index contributed by atoms with van der Waals surface area (Å²) in [5.41, 5.74) is -0.258. The maximum atomic E-state index is 13.6. The van der Waals surface area contributed by atoms with E-state index in [2.05, 4.69) is 18.6 Å². The van der Waals surface area contributed by atoms with Gasteiger partial charge in [0, 0.05) is 31.6 Å². The summed E-state index contributed by atoms with van der Waals surface area (Å²) in [6.07, 6.45) is -0.726. The van der Waals surface area contributed by atoms with Gasteiger partial charge in [0.25, 0.3) is 0 Å². The number of halogens is 4. The molecule has 4 rings (SSSR count). The fourth-order valence-corrected chi connectivity index (χ4v) is 8.99. The Labute approximate surface area is 220 Å². The molecule has 0 spiro atoms. The minimum absolute atomic E-state index is 0.0450. The van der Waals surface area contributed by atoms with E-state index < -0.39 is 33.9 Å². The van der Waals surface area contributed by atoms with E-state index in [1.54, 1.807) is 0 Å². The lowest BCUT2D eigenvalue weighted by molar-refractivity contribution is -0.302. The zero-order valence-electron chi connectivity index (χ0n) is 21.9. The van der Waals surface area contributed by atoms with Gasteiger partial charge in [0.1, 0.15) is 11.6 Å². The lowest BCUT2D eigenvalue weighted by atomic mass is 9.44. The van der Waals surface area contributed by atoms with Gasteiger partial charge in [-0.05, 0) is 78.9 Å². The standard InChI is InChI=1S/C26H36F4O7S/c1-14(4-7-21(33)37-25(27,28)26(29,30)38(34,35)36)17-5-6-18-22-19(9-11-24(17,18)3)23(2)10-8-16(31)12-15(23)13-20(22)32/h14-15,17-19,22H,4-13H2,1-3H3,(H,34,35,36)/t14-,15?,17-,18+,19+,22+,23?,24-/m1/s1. The SMILES string of the molecule is C[C@H](CCC(=O)OC(F)(F)C(F)(F)S(=O)(=O)O)[C@H]1CC[C@H]2[C@@H]3C(=O)CC4CC(=O)CCC4(C)[C@H]3CC[C@]12C. The van der Waals surface area contributed by atoms with Crippen molar-refractivity contribution in [2.24, 2.45) is 46.3 Å². The summed E-state index contributed by atoms with van der Waals surface area (Å²) in [6.45, 7) is 6.24. The minimum Gasteiger partial charge on any atom is -0.395 e. The average molecular weight is 569 g/mol. The van der Waals surface area contributed by atoms with Gasteiger partial charge >= 0.3 is 27.5 Å². The molecule has 0 aromatic rings. The van der Waals surface area contributed by atoms with Gasteiger partial charge in [-0.1, -0.05) is 20.8 Å². The molecule has 4 aliphatic carbocycles. The van der Waals surface area contributed by atoms with E-state index in [0.717, 1.165) is 32.1 Å². The second-order valence-corrected chi connectivity index (χ2v) is 14.0. The van der Waals surface area contributed by atoms with Crippen molar-refractivity contribution in [3.05, 3.63) is 0 Å². The summed E-state index contributed by atoms with van der Waals surface area (Å²) in [4.78, 5) is 37.5. The monoisotopic (exact) mass is 568 g/mol. The zero-order chi connectivity index (χ0) is 28.5. The third-order valence-corrected chi connectivity index (χ3v) is 11.6. The van der Waals surface area contributed by atoms with Crippen LogP contribution in [0.15, 0.2) is 0 Å². The Morgan fingerprint density at radius 2 is 1.68 bits per heavy atom. The first kappa shape index (κ1) is 29.4. The van der Waals surface area contributed by atoms with Gasteiger partial charge in [-0.25, -0.2) is 0 Å². The average Bonchev–Trinajstić information content (AvgIpc) is 3.14. The summed E-state index contributed by atoms with van der Waals surface area (Å²) < 4.78 is 87.1. The van der Waals surface area contributed by atoms with Crippen LogP contribution in [0.1, 0.15) is 85.0 Å². The maximum Gasteiger partial charge on any atom is 0.485 e. The van der Waals surface area contributed by atoms with Gasteiger partial charge in [-0.15, -0.1) is 0 Å². The smallest absolute Gasteiger partial charge is 0.395 e. The van der Waals surface area contributed by atoms with Crippen molar-refractivity contribution in [2.75, 3.05) is 0 Å². The van der Waals surface area contributed by atoms with Crippen LogP contribution in [0, 0.1) is 46.3 Å². The molecule has 0 aliphatic heterocycles. The first-order valence-electron chi connectivity index (χ1n) is 13.3. The zero-order valence-corrected chi connectivity index (χ0v) is 22.7. The Bertz CT molecular complexity index is 1110. The van der Waals surface area contributed by atoms with E-state index in [0.29, 0.717) is 19.3 Å². The summed E-state index contributed by atoms with van der Waals surface area (Å²) in [7, 11) is -6.51. The first-order chi connectivity index (χ1) is 17.3. The van der Waals surface area contributed by atoms with Crippen LogP contribution in [0.2, 0.25) is 0 Å². The van der Waals surface area contributed by atoms with Crippen LogP contribution in [-0.2, 0) is 29.2 Å². The molecule has 4 fully saturated rings. The second kappa shape index (κ2) is 9.52. The highest BCUT2D eigenvalue weighted by Crippen LogP contribution is 2.67. The number of ketones is 2. The Kier molecular flexibility index (Phi) is 7.37. The molecule has 4 aliphatic rings. The molecule has 0 aromatic carbocycles. The largest absolute Gasteiger partial charge is 0.485 e. The topological polar surface area (TPSA) is 115 Å². The predicted octanol–water partition coefficient (Wildman–Crippen LogP) is 5.43. The third-order valence-electron chi connectivity index (χ3n) is 10.8. The minimum atomic E-state index is -6.51. The van der Waals surface area contributed by atoms with Gasteiger partial charge in [-0.3, -0.25) is 18.9 Å². The van der Waals surface area contributed by atoms with Gasteiger partial charge in [-0.2, -0.15) is 26.0 Å². The van der Waals surface area contributed by atoms with Crippen molar-refractivity contribution in [3.63, 3.8) is 0 Å². The second-order valence-electron chi connectivity index (χ2n) is 12.6. The normalized spacial score (nSPS) is 38.7. The molecule has 4 saturated carbocycles. The van der Waals surface area contributed by atoms with Crippen molar-refractivity contribution in [2.45, 2.75) is 96.3 Å². The van der Waals surface area contributed by atoms with Gasteiger partial charge < -0.3 is 4.74 Å². The summed E-state index contributed by atoms with van der Waals surface area (Å²) in [5, 5.41) is -5.97. The number of rotatable bonds is 7. The molecule has 12 heteroatoms. The fraction of sp³-hybridized carbons (Fsp3) is 0.885. The summed E-state index contributed by atoms with van der Waals surface area (Å²) >= 11 is 0. The van der Waals surface area contributed by atoms with Crippen LogP contribution in [0.4, 0.5) is 17.6 Å². The Morgan fingerprint density at radius 1 is 1.05 bits per heavy atom. The molecular formula is C26H36F4O7S. The van der Waals surface area contributed by atoms with E-state index in [9.17, 15) is 40.4 Å². The molecule has 0 radical (unpaired) electrons. The molecule has 0 bridgehead atoms. The van der Waals surface area contributed by atoms with Crippen LogP contribution in [0.25, 0.3) is 0 Å². The van der Waals surface area contributed by atoms with Crippen molar-refractivity contribution in [1.29, 1.82) is 0 Å². The molecule has 1 N–H and O–H groups in total. The highest BCUT2D eigenvalue weighted by Gasteiger charge is 2.69. The molecule has 216 valence electrons. The molecule has 2 unspecified atom stereocenters. The number of esters is 1. The van der Waals surface area contributed by atoms with E-state index in [1.807, 2.05) is 6.92 Å². The number of fused-ring (bicyclic) bond motifs is 5. The quantitative estimate of drug-likeness (QED) is 0.248. The molecule has 0 amide bonds. The van der Waals surface area contributed by atoms with Crippen LogP contribution in [0.3, 0.4) is 0 Å². The van der Waals surface area contributed by atoms with Crippen molar-refractivity contribution in [3.8, 4) is 0 Å². The number of hydrogen-bond acceptors (Lipinski definition) is 6. The lowest BCUT2D eigenvalue weighted by Crippen LogP contribution is -2.57. The molecule has 0 heterocycles. The fourth-order valence-electron chi connectivity index (χ4n) is 8.65. The number of hydrogen-bond donors (Lipinski definition) is 1. The van der Waals surface area contributed by atoms with Crippen molar-refractivity contribution < 1.29 is 49.7 Å². The van der Waals surface area contributed by atoms with Gasteiger partial charge in [0.05, 0.1) is 0 Å². The van der Waals surface area contributed by atoms with Crippen LogP contribution in [0.5, 0.6) is 0 Å².